The van der Waals surface area contributed by atoms with Gasteiger partial charge in [-0.1, -0.05) is 6.07 Å². The molecule has 1 rings (SSSR count). The van der Waals surface area contributed by atoms with Gasteiger partial charge in [-0.25, -0.2) is 5.84 Å². The van der Waals surface area contributed by atoms with E-state index in [4.69, 9.17) is 20.1 Å². The predicted molar refractivity (Wildman–Crippen MR) is 61.6 cm³/mol. The van der Waals surface area contributed by atoms with Gasteiger partial charge < -0.3 is 14.2 Å². The molecule has 0 aliphatic heterocycles. The summed E-state index contributed by atoms with van der Waals surface area (Å²) >= 11 is 0. The first kappa shape index (κ1) is 13.3. The summed E-state index contributed by atoms with van der Waals surface area (Å²) < 4.78 is 15.4. The third-order valence-corrected chi connectivity index (χ3v) is 2.07. The van der Waals surface area contributed by atoms with Crippen molar-refractivity contribution in [1.82, 2.24) is 5.43 Å². The van der Waals surface area contributed by atoms with Gasteiger partial charge in [-0.05, 0) is 12.1 Å². The molecule has 0 aromatic heterocycles. The van der Waals surface area contributed by atoms with Gasteiger partial charge in [0.25, 0.3) is 5.91 Å². The molecule has 1 aromatic rings. The zero-order valence-electron chi connectivity index (χ0n) is 9.80. The largest absolute Gasteiger partial charge is 0.497 e. The van der Waals surface area contributed by atoms with Gasteiger partial charge in [-0.2, -0.15) is 0 Å². The summed E-state index contributed by atoms with van der Waals surface area (Å²) in [5, 5.41) is 0. The van der Waals surface area contributed by atoms with Crippen molar-refractivity contribution in [2.75, 3.05) is 20.8 Å². The lowest BCUT2D eigenvalue weighted by Crippen LogP contribution is -2.44. The van der Waals surface area contributed by atoms with Gasteiger partial charge in [0.05, 0.1) is 13.7 Å². The van der Waals surface area contributed by atoms with Crippen molar-refractivity contribution in [2.45, 2.75) is 6.10 Å². The fraction of sp³-hybridized carbons (Fsp3) is 0.364. The molecule has 0 fully saturated rings. The number of carbonyl (C=O) groups excluding carboxylic acids is 1. The number of nitrogens with one attached hydrogen (secondary N) is 1. The van der Waals surface area contributed by atoms with Crippen LogP contribution in [0.5, 0.6) is 11.5 Å². The Labute approximate surface area is 99.6 Å². The van der Waals surface area contributed by atoms with E-state index < -0.39 is 12.0 Å². The maximum atomic E-state index is 11.4. The molecule has 3 N–H and O–H groups in total. The van der Waals surface area contributed by atoms with Crippen LogP contribution in [0.4, 0.5) is 0 Å². The van der Waals surface area contributed by atoms with Crippen LogP contribution in [0, 0.1) is 0 Å². The number of hydrogen-bond acceptors (Lipinski definition) is 5. The van der Waals surface area contributed by atoms with E-state index >= 15 is 0 Å². The SMILES string of the molecule is COCC(Oc1cccc(OC)c1)C(=O)NN. The number of carbonyl (C=O) groups is 1. The van der Waals surface area contributed by atoms with Crippen LogP contribution in [-0.4, -0.2) is 32.8 Å². The van der Waals surface area contributed by atoms with Gasteiger partial charge in [-0.15, -0.1) is 0 Å². The molecule has 6 heteroatoms. The molecule has 0 saturated carbocycles. The van der Waals surface area contributed by atoms with E-state index in [0.717, 1.165) is 0 Å². The highest BCUT2D eigenvalue weighted by Gasteiger charge is 2.19. The molecule has 1 unspecified atom stereocenters. The fourth-order valence-electron chi connectivity index (χ4n) is 1.25. The number of hydrogen-bond donors (Lipinski definition) is 2. The Bertz CT molecular complexity index is 370. The first-order valence-corrected chi connectivity index (χ1v) is 5.01. The monoisotopic (exact) mass is 240 g/mol. The minimum Gasteiger partial charge on any atom is -0.497 e. The summed E-state index contributed by atoms with van der Waals surface area (Å²) in [5.74, 6) is 5.76. The average molecular weight is 240 g/mol. The van der Waals surface area contributed by atoms with Gasteiger partial charge in [0.1, 0.15) is 11.5 Å². The fourth-order valence-corrected chi connectivity index (χ4v) is 1.25. The van der Waals surface area contributed by atoms with Crippen molar-refractivity contribution in [3.63, 3.8) is 0 Å². The minimum atomic E-state index is -0.794. The molecule has 0 aliphatic carbocycles. The van der Waals surface area contributed by atoms with E-state index in [0.29, 0.717) is 11.5 Å². The Morgan fingerprint density at radius 3 is 2.71 bits per heavy atom. The zero-order valence-corrected chi connectivity index (χ0v) is 9.80. The molecule has 0 heterocycles. The van der Waals surface area contributed by atoms with Gasteiger partial charge in [0.15, 0.2) is 0 Å². The van der Waals surface area contributed by atoms with Gasteiger partial charge in [-0.3, -0.25) is 10.2 Å². The molecule has 17 heavy (non-hydrogen) atoms. The highest BCUT2D eigenvalue weighted by molar-refractivity contribution is 5.80. The smallest absolute Gasteiger partial charge is 0.277 e. The Balaban J connectivity index is 2.74. The van der Waals surface area contributed by atoms with Crippen molar-refractivity contribution in [1.29, 1.82) is 0 Å². The number of ether oxygens (including phenoxy) is 3. The summed E-state index contributed by atoms with van der Waals surface area (Å²) in [6.45, 7) is 0.111. The number of nitrogens with two attached hydrogens (primary N) is 1. The van der Waals surface area contributed by atoms with Crippen LogP contribution in [-0.2, 0) is 9.53 Å². The van der Waals surface area contributed by atoms with Crippen molar-refractivity contribution in [3.05, 3.63) is 24.3 Å². The van der Waals surface area contributed by atoms with Crippen molar-refractivity contribution in [2.24, 2.45) is 5.84 Å². The second kappa shape index (κ2) is 6.72. The van der Waals surface area contributed by atoms with E-state index in [1.807, 2.05) is 5.43 Å². The van der Waals surface area contributed by atoms with E-state index in [1.165, 1.54) is 7.11 Å². The highest BCUT2D eigenvalue weighted by Crippen LogP contribution is 2.20. The molecular formula is C11H16N2O4. The lowest BCUT2D eigenvalue weighted by Gasteiger charge is -2.16. The molecule has 1 aromatic carbocycles. The standard InChI is InChI=1S/C11H16N2O4/c1-15-7-10(11(14)13-12)17-9-5-3-4-8(6-9)16-2/h3-6,10H,7,12H2,1-2H3,(H,13,14). The first-order valence-electron chi connectivity index (χ1n) is 5.01. The van der Waals surface area contributed by atoms with Crippen LogP contribution in [0.1, 0.15) is 0 Å². The number of amides is 1. The number of hydrazine groups is 1. The van der Waals surface area contributed by atoms with Crippen molar-refractivity contribution >= 4 is 5.91 Å². The second-order valence-electron chi connectivity index (χ2n) is 3.25. The molecule has 6 nitrogen and oxygen atoms in total. The molecule has 0 saturated heterocycles. The van der Waals surface area contributed by atoms with Crippen LogP contribution in [0.3, 0.4) is 0 Å². The number of methoxy groups -OCH3 is 2. The van der Waals surface area contributed by atoms with Crippen molar-refractivity contribution < 1.29 is 19.0 Å². The third kappa shape index (κ3) is 3.93. The third-order valence-electron chi connectivity index (χ3n) is 2.07. The Kier molecular flexibility index (Phi) is 5.25. The number of rotatable bonds is 6. The normalized spacial score (nSPS) is 11.7. The second-order valence-corrected chi connectivity index (χ2v) is 3.25. The summed E-state index contributed by atoms with van der Waals surface area (Å²) in [6, 6.07) is 6.93. The topological polar surface area (TPSA) is 82.8 Å². The molecule has 0 radical (unpaired) electrons. The maximum absolute atomic E-state index is 11.4. The van der Waals surface area contributed by atoms with Gasteiger partial charge in [0.2, 0.25) is 6.10 Å². The van der Waals surface area contributed by atoms with Crippen LogP contribution >= 0.6 is 0 Å². The van der Waals surface area contributed by atoms with Gasteiger partial charge in [0, 0.05) is 13.2 Å². The molecule has 0 spiro atoms. The van der Waals surface area contributed by atoms with Crippen LogP contribution in [0.15, 0.2) is 24.3 Å². The van der Waals surface area contributed by atoms with E-state index in [2.05, 4.69) is 0 Å². The molecule has 0 bridgehead atoms. The quantitative estimate of drug-likeness (QED) is 0.418. The van der Waals surface area contributed by atoms with Crippen molar-refractivity contribution in [3.8, 4) is 11.5 Å². The highest BCUT2D eigenvalue weighted by atomic mass is 16.5. The van der Waals surface area contributed by atoms with Crippen LogP contribution < -0.4 is 20.7 Å². The minimum absolute atomic E-state index is 0.111. The lowest BCUT2D eigenvalue weighted by atomic mass is 10.3. The number of benzene rings is 1. The lowest BCUT2D eigenvalue weighted by molar-refractivity contribution is -0.130. The Morgan fingerprint density at radius 2 is 2.12 bits per heavy atom. The van der Waals surface area contributed by atoms with E-state index in [1.54, 1.807) is 31.4 Å². The van der Waals surface area contributed by atoms with E-state index in [-0.39, 0.29) is 6.61 Å². The first-order chi connectivity index (χ1) is 8.21. The van der Waals surface area contributed by atoms with Crippen LogP contribution in [0.2, 0.25) is 0 Å². The average Bonchev–Trinajstić information content (AvgIpc) is 2.37. The Hall–Kier alpha value is -1.79. The van der Waals surface area contributed by atoms with Crippen LogP contribution in [0.25, 0.3) is 0 Å². The zero-order chi connectivity index (χ0) is 12.7. The molecular weight excluding hydrogens is 224 g/mol. The maximum Gasteiger partial charge on any atom is 0.277 e. The Morgan fingerprint density at radius 1 is 1.41 bits per heavy atom. The summed E-state index contributed by atoms with van der Waals surface area (Å²) in [5.41, 5.74) is 2.02. The summed E-state index contributed by atoms with van der Waals surface area (Å²) in [4.78, 5) is 11.4. The van der Waals surface area contributed by atoms with Gasteiger partial charge >= 0.3 is 0 Å². The summed E-state index contributed by atoms with van der Waals surface area (Å²) in [7, 11) is 3.03. The predicted octanol–water partition coefficient (Wildman–Crippen LogP) is 0.0789. The molecule has 94 valence electrons. The van der Waals surface area contributed by atoms with E-state index in [9.17, 15) is 4.79 Å². The molecule has 1 amide bonds. The molecule has 0 aliphatic rings. The molecule has 1 atom stereocenters. The summed E-state index contributed by atoms with van der Waals surface area (Å²) in [6.07, 6.45) is -0.794.